The van der Waals surface area contributed by atoms with Gasteiger partial charge in [0.15, 0.2) is 0 Å². The highest BCUT2D eigenvalue weighted by Gasteiger charge is 2.37. The highest BCUT2D eigenvalue weighted by Crippen LogP contribution is 2.55. The van der Waals surface area contributed by atoms with Crippen LogP contribution in [0.1, 0.15) is 13.3 Å². The fourth-order valence-electron chi connectivity index (χ4n) is 2.22. The molecule has 1 aromatic carbocycles. The number of halogens is 7. The largest absolute Gasteiger partial charge is 0.530 e. The van der Waals surface area contributed by atoms with E-state index in [9.17, 15) is 9.13 Å². The topological polar surface area (TPSA) is 89.5 Å². The fourth-order valence-corrected chi connectivity index (χ4v) is 7.63. The van der Waals surface area contributed by atoms with Gasteiger partial charge in [-0.1, -0.05) is 13.0 Å². The summed E-state index contributed by atoms with van der Waals surface area (Å²) in [5.41, 5.74) is 0. The first-order valence-electron chi connectivity index (χ1n) is 10.5. The lowest BCUT2D eigenvalue weighted by Crippen LogP contribution is -2.23. The molecule has 0 bridgehead atoms. The lowest BCUT2D eigenvalue weighted by molar-refractivity contribution is 0.0984. The van der Waals surface area contributed by atoms with Gasteiger partial charge < -0.3 is 9.05 Å². The van der Waals surface area contributed by atoms with Gasteiger partial charge in [0, 0.05) is 11.9 Å². The molecule has 2 unspecified atom stereocenters. The van der Waals surface area contributed by atoms with E-state index in [1.807, 2.05) is 0 Å². The predicted molar refractivity (Wildman–Crippen MR) is 148 cm³/mol. The summed E-state index contributed by atoms with van der Waals surface area (Å²) in [6.45, 7) is 1.79. The summed E-state index contributed by atoms with van der Waals surface area (Å²) in [7, 11) is -8.60. The summed E-state index contributed by atoms with van der Waals surface area (Å²) >= 11 is 40.8. The summed E-state index contributed by atoms with van der Waals surface area (Å²) in [6, 6.07) is 5.61. The molecule has 0 radical (unpaired) electrons. The average Bonchev–Trinajstić information content (AvgIpc) is 2.87. The van der Waals surface area contributed by atoms with E-state index in [-0.39, 0.29) is 52.7 Å². The van der Waals surface area contributed by atoms with Gasteiger partial charge in [-0.2, -0.15) is 0 Å². The number of phosphoric acid groups is 2. The van der Waals surface area contributed by atoms with E-state index in [4.69, 9.17) is 108 Å². The van der Waals surface area contributed by atoms with Gasteiger partial charge in [-0.25, -0.2) is 9.13 Å². The maximum absolute atomic E-state index is 13.4. The number of phosphoric ester groups is 2. The Morgan fingerprint density at radius 2 is 0.917 bits per heavy atom. The Labute approximate surface area is 246 Å². The average molecular weight is 694 g/mol. The van der Waals surface area contributed by atoms with Crippen molar-refractivity contribution in [3.05, 3.63) is 24.3 Å². The molecular weight excluding hydrogens is 666 g/mol. The van der Waals surface area contributed by atoms with Crippen LogP contribution in [0.4, 0.5) is 0 Å². The van der Waals surface area contributed by atoms with Crippen LogP contribution >= 0.6 is 96.9 Å². The lowest BCUT2D eigenvalue weighted by Gasteiger charge is -2.26. The Morgan fingerprint density at radius 1 is 0.611 bits per heavy atom. The highest BCUT2D eigenvalue weighted by molar-refractivity contribution is 7.49. The van der Waals surface area contributed by atoms with Crippen molar-refractivity contribution in [3.8, 4) is 11.5 Å². The van der Waals surface area contributed by atoms with Crippen molar-refractivity contribution in [2.75, 3.05) is 41.2 Å². The molecule has 0 aliphatic heterocycles. The number of rotatable bonds is 20. The Kier molecular flexibility index (Phi) is 18.1. The van der Waals surface area contributed by atoms with E-state index in [0.29, 0.717) is 6.42 Å². The minimum Gasteiger partial charge on any atom is -0.404 e. The van der Waals surface area contributed by atoms with E-state index in [2.05, 4.69) is 0 Å². The third-order valence-corrected chi connectivity index (χ3v) is 9.52. The van der Waals surface area contributed by atoms with Crippen molar-refractivity contribution in [1.82, 2.24) is 0 Å². The quantitative estimate of drug-likeness (QED) is 0.0997. The molecule has 0 heterocycles. The van der Waals surface area contributed by atoms with Crippen molar-refractivity contribution in [2.24, 2.45) is 0 Å². The minimum atomic E-state index is -4.33. The zero-order valence-electron chi connectivity index (χ0n) is 19.1. The van der Waals surface area contributed by atoms with Crippen LogP contribution in [-0.2, 0) is 27.2 Å². The van der Waals surface area contributed by atoms with Crippen LogP contribution in [0.25, 0.3) is 0 Å². The Morgan fingerprint density at radius 3 is 1.19 bits per heavy atom. The molecule has 0 saturated carbocycles. The van der Waals surface area contributed by atoms with Crippen molar-refractivity contribution >= 4 is 96.9 Å². The molecule has 0 N–H and O–H groups in total. The summed E-state index contributed by atoms with van der Waals surface area (Å²) in [6.07, 6.45) is -2.78. The molecule has 0 aliphatic carbocycles. The lowest BCUT2D eigenvalue weighted by atomic mass is 10.3. The highest BCUT2D eigenvalue weighted by atomic mass is 35.5. The van der Waals surface area contributed by atoms with E-state index in [1.54, 1.807) is 6.92 Å². The number of benzene rings is 1. The normalized spacial score (nSPS) is 14.9. The molecule has 0 amide bonds. The molecule has 2 atom stereocenters. The first-order chi connectivity index (χ1) is 17.1. The molecular formula is C19H27Cl7O8P2. The molecule has 8 nitrogen and oxygen atoms in total. The molecule has 17 heteroatoms. The number of hydrogen-bond acceptors (Lipinski definition) is 8. The van der Waals surface area contributed by atoms with Crippen LogP contribution in [0.3, 0.4) is 0 Å². The van der Waals surface area contributed by atoms with Crippen LogP contribution in [0.2, 0.25) is 0 Å². The standard InChI is InChI=1S/C19H27Cl7O8P2/c1-2-14(7-20)29-35(27,32-17(8-21)9-22)30-15-4-3-5-16(6-15)31-36(28,33-18(10-23)11-24)34-19(12-25)13-26/h3-6,14,17-19H,2,7-13H2,1H3. The molecule has 0 saturated heterocycles. The van der Waals surface area contributed by atoms with E-state index in [0.717, 1.165) is 0 Å². The fraction of sp³-hybridized carbons (Fsp3) is 0.684. The van der Waals surface area contributed by atoms with Crippen molar-refractivity contribution in [3.63, 3.8) is 0 Å². The molecule has 0 aliphatic rings. The molecule has 0 aromatic heterocycles. The second-order valence-corrected chi connectivity index (χ2v) is 12.1. The third-order valence-electron chi connectivity index (χ3n) is 4.01. The smallest absolute Gasteiger partial charge is 0.404 e. The van der Waals surface area contributed by atoms with Gasteiger partial charge in [-0.15, -0.1) is 81.2 Å². The van der Waals surface area contributed by atoms with E-state index < -0.39 is 40.1 Å². The SMILES string of the molecule is CCC(CCl)OP(=O)(Oc1cccc(OP(=O)(OC(CCl)CCl)OC(CCl)CCl)c1)OC(CCl)CCl. The predicted octanol–water partition coefficient (Wildman–Crippen LogP) is 8.28. The second-order valence-electron chi connectivity index (χ2n) is 6.95. The molecule has 1 aromatic rings. The van der Waals surface area contributed by atoms with E-state index >= 15 is 0 Å². The number of hydrogen-bond donors (Lipinski definition) is 0. The Bertz CT molecular complexity index is 741. The van der Waals surface area contributed by atoms with Crippen LogP contribution in [0.15, 0.2) is 24.3 Å². The van der Waals surface area contributed by atoms with Crippen LogP contribution in [-0.4, -0.2) is 65.6 Å². The van der Waals surface area contributed by atoms with Crippen molar-refractivity contribution in [1.29, 1.82) is 0 Å². The van der Waals surface area contributed by atoms with Crippen LogP contribution in [0.5, 0.6) is 11.5 Å². The van der Waals surface area contributed by atoms with Gasteiger partial charge in [0.2, 0.25) is 0 Å². The Balaban J connectivity index is 3.24. The zero-order valence-corrected chi connectivity index (χ0v) is 26.2. The number of alkyl halides is 7. The maximum Gasteiger partial charge on any atom is 0.530 e. The van der Waals surface area contributed by atoms with Gasteiger partial charge in [0.05, 0.1) is 59.7 Å². The summed E-state index contributed by atoms with van der Waals surface area (Å²) in [5, 5.41) is 0. The second kappa shape index (κ2) is 18.5. The van der Waals surface area contributed by atoms with Crippen LogP contribution < -0.4 is 9.05 Å². The van der Waals surface area contributed by atoms with Crippen molar-refractivity contribution in [2.45, 2.75) is 37.8 Å². The summed E-state index contributed by atoms with van der Waals surface area (Å²) in [5.74, 6) is -0.511. The summed E-state index contributed by atoms with van der Waals surface area (Å²) < 4.78 is 59.8. The van der Waals surface area contributed by atoms with Gasteiger partial charge in [-0.3, -0.25) is 18.1 Å². The molecule has 210 valence electrons. The summed E-state index contributed by atoms with van der Waals surface area (Å²) in [4.78, 5) is 0. The van der Waals surface area contributed by atoms with Gasteiger partial charge >= 0.3 is 15.6 Å². The molecule has 1 rings (SSSR count). The van der Waals surface area contributed by atoms with E-state index in [1.165, 1.54) is 24.3 Å². The minimum absolute atomic E-state index is 0.0211. The molecule has 0 spiro atoms. The van der Waals surface area contributed by atoms with Gasteiger partial charge in [-0.05, 0) is 18.6 Å². The first kappa shape index (κ1) is 35.2. The van der Waals surface area contributed by atoms with Gasteiger partial charge in [0.1, 0.15) is 11.5 Å². The Hall–Kier alpha value is 1.15. The zero-order chi connectivity index (χ0) is 27.2. The van der Waals surface area contributed by atoms with Crippen LogP contribution in [0, 0.1) is 0 Å². The third kappa shape index (κ3) is 12.6. The molecule has 0 fully saturated rings. The van der Waals surface area contributed by atoms with Gasteiger partial charge in [0.25, 0.3) is 0 Å². The first-order valence-corrected chi connectivity index (χ1v) is 17.1. The monoisotopic (exact) mass is 690 g/mol. The molecule has 36 heavy (non-hydrogen) atoms. The van der Waals surface area contributed by atoms with Crippen molar-refractivity contribution < 1.29 is 36.3 Å². The maximum atomic E-state index is 13.4.